The first-order chi connectivity index (χ1) is 14.0. The predicted molar refractivity (Wildman–Crippen MR) is 104 cm³/mol. The van der Waals surface area contributed by atoms with Crippen LogP contribution in [0.3, 0.4) is 0 Å². The van der Waals surface area contributed by atoms with Gasteiger partial charge >= 0.3 is 6.03 Å². The van der Waals surface area contributed by atoms with Crippen LogP contribution in [0, 0.1) is 5.82 Å². The number of hydrogen-bond acceptors (Lipinski definition) is 4. The molecule has 0 spiro atoms. The average molecular weight is 390 g/mol. The lowest BCUT2D eigenvalue weighted by Crippen LogP contribution is -2.51. The van der Waals surface area contributed by atoms with Crippen LogP contribution < -0.4 is 15.4 Å². The molecule has 144 valence electrons. The number of carbonyl (C=O) groups is 3. The molecule has 1 saturated heterocycles. The van der Waals surface area contributed by atoms with Gasteiger partial charge in [0.25, 0.3) is 11.8 Å². The molecule has 3 aromatic rings. The Balaban J connectivity index is 1.76. The summed E-state index contributed by atoms with van der Waals surface area (Å²) in [6, 6.07) is 16.1. The van der Waals surface area contributed by atoms with Gasteiger partial charge in [0, 0.05) is 5.56 Å². The summed E-state index contributed by atoms with van der Waals surface area (Å²) in [7, 11) is 0. The standard InChI is InChI=1S/C22H15FN2O4/c23-15-8-5-13(6-9-15)12-29-19-10-7-14-3-1-2-4-16(14)17(19)11-18-20(26)24-22(28)25-21(18)27/h1-11H,12H2,(H2,24,25,26,27,28). The van der Waals surface area contributed by atoms with Crippen LogP contribution in [0.1, 0.15) is 11.1 Å². The van der Waals surface area contributed by atoms with Crippen molar-refractivity contribution in [3.8, 4) is 5.75 Å². The molecule has 0 unspecified atom stereocenters. The van der Waals surface area contributed by atoms with Gasteiger partial charge in [0.15, 0.2) is 0 Å². The topological polar surface area (TPSA) is 84.5 Å². The number of fused-ring (bicyclic) bond motifs is 1. The van der Waals surface area contributed by atoms with Crippen LogP contribution in [-0.4, -0.2) is 17.8 Å². The molecule has 0 saturated carbocycles. The second-order valence-corrected chi connectivity index (χ2v) is 6.41. The zero-order valence-corrected chi connectivity index (χ0v) is 15.1. The van der Waals surface area contributed by atoms with E-state index in [0.717, 1.165) is 16.3 Å². The average Bonchev–Trinajstić information content (AvgIpc) is 2.70. The van der Waals surface area contributed by atoms with E-state index in [1.807, 2.05) is 30.3 Å². The Bertz CT molecular complexity index is 1150. The van der Waals surface area contributed by atoms with Gasteiger partial charge in [0.2, 0.25) is 0 Å². The molecule has 3 aromatic carbocycles. The molecule has 1 heterocycles. The minimum Gasteiger partial charge on any atom is -0.488 e. The summed E-state index contributed by atoms with van der Waals surface area (Å²) in [5.41, 5.74) is 1.09. The Kier molecular flexibility index (Phi) is 4.78. The molecule has 1 fully saturated rings. The molecule has 0 bridgehead atoms. The number of nitrogens with one attached hydrogen (secondary N) is 2. The number of amides is 4. The molecule has 0 aliphatic carbocycles. The summed E-state index contributed by atoms with van der Waals surface area (Å²) in [6.45, 7) is 0.172. The van der Waals surface area contributed by atoms with E-state index >= 15 is 0 Å². The lowest BCUT2D eigenvalue weighted by Gasteiger charge is -2.16. The summed E-state index contributed by atoms with van der Waals surface area (Å²) >= 11 is 0. The number of carbonyl (C=O) groups excluding carboxylic acids is 3. The van der Waals surface area contributed by atoms with Crippen LogP contribution in [0.4, 0.5) is 9.18 Å². The highest BCUT2D eigenvalue weighted by Gasteiger charge is 2.28. The summed E-state index contributed by atoms with van der Waals surface area (Å²) in [6.07, 6.45) is 1.40. The fraction of sp³-hybridized carbons (Fsp3) is 0.0455. The van der Waals surface area contributed by atoms with Crippen molar-refractivity contribution in [2.45, 2.75) is 6.61 Å². The Labute approximate surface area is 165 Å². The van der Waals surface area contributed by atoms with Crippen molar-refractivity contribution in [1.82, 2.24) is 10.6 Å². The van der Waals surface area contributed by atoms with Crippen LogP contribution in [0.5, 0.6) is 5.75 Å². The SMILES string of the molecule is O=C1NC(=O)C(=Cc2c(OCc3ccc(F)cc3)ccc3ccccc23)C(=O)N1. The van der Waals surface area contributed by atoms with Gasteiger partial charge in [0.05, 0.1) is 0 Å². The van der Waals surface area contributed by atoms with Crippen molar-refractivity contribution in [2.75, 3.05) is 0 Å². The Morgan fingerprint density at radius 3 is 2.28 bits per heavy atom. The van der Waals surface area contributed by atoms with Crippen LogP contribution in [-0.2, 0) is 16.2 Å². The molecule has 7 heteroatoms. The molecule has 2 N–H and O–H groups in total. The van der Waals surface area contributed by atoms with E-state index < -0.39 is 17.8 Å². The second kappa shape index (κ2) is 7.55. The number of rotatable bonds is 4. The third kappa shape index (κ3) is 3.84. The van der Waals surface area contributed by atoms with E-state index in [-0.39, 0.29) is 18.0 Å². The highest BCUT2D eigenvalue weighted by atomic mass is 19.1. The van der Waals surface area contributed by atoms with Gasteiger partial charge in [-0.3, -0.25) is 20.2 Å². The number of urea groups is 1. The molecule has 0 atom stereocenters. The van der Waals surface area contributed by atoms with E-state index in [9.17, 15) is 18.8 Å². The highest BCUT2D eigenvalue weighted by molar-refractivity contribution is 6.31. The van der Waals surface area contributed by atoms with Crippen molar-refractivity contribution in [3.05, 3.63) is 83.2 Å². The number of imide groups is 2. The second-order valence-electron chi connectivity index (χ2n) is 6.41. The zero-order valence-electron chi connectivity index (χ0n) is 15.1. The molecule has 4 amide bonds. The third-order valence-corrected chi connectivity index (χ3v) is 4.47. The summed E-state index contributed by atoms with van der Waals surface area (Å²) in [5.74, 6) is -1.46. The van der Waals surface area contributed by atoms with Gasteiger partial charge in [0.1, 0.15) is 23.7 Å². The van der Waals surface area contributed by atoms with Crippen molar-refractivity contribution in [3.63, 3.8) is 0 Å². The maximum atomic E-state index is 13.1. The lowest BCUT2D eigenvalue weighted by molar-refractivity contribution is -0.123. The van der Waals surface area contributed by atoms with E-state index in [2.05, 4.69) is 10.6 Å². The molecule has 1 aliphatic heterocycles. The largest absolute Gasteiger partial charge is 0.488 e. The van der Waals surface area contributed by atoms with Crippen molar-refractivity contribution in [1.29, 1.82) is 0 Å². The minimum atomic E-state index is -0.858. The molecule has 0 aromatic heterocycles. The van der Waals surface area contributed by atoms with Crippen LogP contribution >= 0.6 is 0 Å². The van der Waals surface area contributed by atoms with Gasteiger partial charge in [-0.1, -0.05) is 42.5 Å². The zero-order chi connectivity index (χ0) is 20.4. The van der Waals surface area contributed by atoms with Gasteiger partial charge in [-0.25, -0.2) is 9.18 Å². The Hall–Kier alpha value is -4.00. The lowest BCUT2D eigenvalue weighted by atomic mass is 10.00. The Morgan fingerprint density at radius 2 is 1.55 bits per heavy atom. The van der Waals surface area contributed by atoms with Crippen LogP contribution in [0.15, 0.2) is 66.2 Å². The normalized spacial score (nSPS) is 13.8. The van der Waals surface area contributed by atoms with E-state index in [0.29, 0.717) is 11.3 Å². The smallest absolute Gasteiger partial charge is 0.328 e. The first-order valence-electron chi connectivity index (χ1n) is 8.78. The molecule has 4 rings (SSSR count). The van der Waals surface area contributed by atoms with Crippen LogP contribution in [0.2, 0.25) is 0 Å². The monoisotopic (exact) mass is 390 g/mol. The molecule has 29 heavy (non-hydrogen) atoms. The molecule has 0 radical (unpaired) electrons. The summed E-state index contributed by atoms with van der Waals surface area (Å²) in [5, 5.41) is 5.77. The fourth-order valence-corrected chi connectivity index (χ4v) is 3.04. The number of halogens is 1. The Morgan fingerprint density at radius 1 is 0.862 bits per heavy atom. The van der Waals surface area contributed by atoms with E-state index in [1.165, 1.54) is 18.2 Å². The fourth-order valence-electron chi connectivity index (χ4n) is 3.04. The van der Waals surface area contributed by atoms with Gasteiger partial charge < -0.3 is 4.74 Å². The highest BCUT2D eigenvalue weighted by Crippen LogP contribution is 2.31. The number of barbiturate groups is 1. The minimum absolute atomic E-state index is 0.172. The van der Waals surface area contributed by atoms with Crippen molar-refractivity contribution < 1.29 is 23.5 Å². The first-order valence-corrected chi connectivity index (χ1v) is 8.78. The molecule has 6 nitrogen and oxygen atoms in total. The number of hydrogen-bond donors (Lipinski definition) is 2. The molecular formula is C22H15FN2O4. The van der Waals surface area contributed by atoms with Crippen molar-refractivity contribution >= 4 is 34.7 Å². The first kappa shape index (κ1) is 18.4. The van der Waals surface area contributed by atoms with E-state index in [4.69, 9.17) is 4.74 Å². The summed E-state index contributed by atoms with van der Waals surface area (Å²) in [4.78, 5) is 35.6. The van der Waals surface area contributed by atoms with Gasteiger partial charge in [-0.2, -0.15) is 0 Å². The number of ether oxygens (including phenoxy) is 1. The summed E-state index contributed by atoms with van der Waals surface area (Å²) < 4.78 is 19.0. The van der Waals surface area contributed by atoms with Gasteiger partial charge in [-0.15, -0.1) is 0 Å². The third-order valence-electron chi connectivity index (χ3n) is 4.47. The number of benzene rings is 3. The maximum Gasteiger partial charge on any atom is 0.328 e. The quantitative estimate of drug-likeness (QED) is 0.529. The predicted octanol–water partition coefficient (Wildman–Crippen LogP) is 3.31. The molecule has 1 aliphatic rings. The van der Waals surface area contributed by atoms with Gasteiger partial charge in [-0.05, 0) is 40.6 Å². The molecular weight excluding hydrogens is 375 g/mol. The van der Waals surface area contributed by atoms with Crippen LogP contribution in [0.25, 0.3) is 16.8 Å². The van der Waals surface area contributed by atoms with Crippen molar-refractivity contribution in [2.24, 2.45) is 0 Å². The van der Waals surface area contributed by atoms with E-state index in [1.54, 1.807) is 18.2 Å². The maximum absolute atomic E-state index is 13.1.